The van der Waals surface area contributed by atoms with Crippen LogP contribution in [0, 0.1) is 17.7 Å². The zero-order chi connectivity index (χ0) is 30.3. The molecular weight excluding hydrogens is 595 g/mol. The summed E-state index contributed by atoms with van der Waals surface area (Å²) in [4.78, 5) is 31.7. The molecule has 3 heterocycles. The number of carbonyl (C=O) groups excluding carboxylic acids is 2. The Kier molecular flexibility index (Phi) is 10.4. The quantitative estimate of drug-likeness (QED) is 0.194. The van der Waals surface area contributed by atoms with E-state index in [9.17, 15) is 19.1 Å². The van der Waals surface area contributed by atoms with Crippen molar-refractivity contribution in [2.24, 2.45) is 11.8 Å². The molecule has 43 heavy (non-hydrogen) atoms. The van der Waals surface area contributed by atoms with Crippen molar-refractivity contribution in [2.75, 3.05) is 42.7 Å². The molecule has 1 saturated heterocycles. The lowest BCUT2D eigenvalue weighted by atomic mass is 9.77. The van der Waals surface area contributed by atoms with E-state index in [2.05, 4.69) is 30.7 Å². The minimum atomic E-state index is -0.478. The summed E-state index contributed by atoms with van der Waals surface area (Å²) in [6.07, 6.45) is 4.70. The first kappa shape index (κ1) is 31.1. The molecular formula is C30H34ClFN6O4S. The van der Waals surface area contributed by atoms with Gasteiger partial charge in [0.2, 0.25) is 5.91 Å². The fraction of sp³-hybridized carbons (Fsp3) is 0.433. The number of anilines is 3. The van der Waals surface area contributed by atoms with Crippen molar-refractivity contribution in [1.29, 1.82) is 0 Å². The van der Waals surface area contributed by atoms with Gasteiger partial charge in [-0.05, 0) is 76.0 Å². The summed E-state index contributed by atoms with van der Waals surface area (Å²) in [5, 5.41) is 24.8. The predicted molar refractivity (Wildman–Crippen MR) is 164 cm³/mol. The number of halogens is 2. The van der Waals surface area contributed by atoms with Crippen LogP contribution in [0.3, 0.4) is 0 Å². The standard InChI is InChI=1S/C30H34ClFN6O4S/c1-2-42-30(41)18-6-9-38(10-7-18)22-13-19(14-22)28(40)35-27-16-21(5-8-33-27)34-26-17-25(36-37-29(26)43-12-11-39)23-15-20(31)3-4-24(23)32/h3-5,8,15-19,22,39H,2,6-7,9-14H2,1H3,(H2,33,34,35,36,40). The summed E-state index contributed by atoms with van der Waals surface area (Å²) >= 11 is 7.39. The van der Waals surface area contributed by atoms with Gasteiger partial charge in [0.15, 0.2) is 0 Å². The molecule has 1 aliphatic carbocycles. The highest BCUT2D eigenvalue weighted by Crippen LogP contribution is 2.36. The highest BCUT2D eigenvalue weighted by atomic mass is 35.5. The molecule has 1 aliphatic heterocycles. The lowest BCUT2D eigenvalue weighted by molar-refractivity contribution is -0.150. The van der Waals surface area contributed by atoms with Crippen LogP contribution < -0.4 is 10.6 Å². The van der Waals surface area contributed by atoms with Gasteiger partial charge in [-0.25, -0.2) is 9.37 Å². The number of amides is 1. The number of rotatable bonds is 11. The van der Waals surface area contributed by atoms with Crippen LogP contribution in [-0.2, 0) is 14.3 Å². The fourth-order valence-electron chi connectivity index (χ4n) is 5.37. The van der Waals surface area contributed by atoms with Crippen molar-refractivity contribution in [3.05, 3.63) is 53.4 Å². The largest absolute Gasteiger partial charge is 0.466 e. The van der Waals surface area contributed by atoms with Gasteiger partial charge in [0, 0.05) is 46.2 Å². The molecule has 0 spiro atoms. The smallest absolute Gasteiger partial charge is 0.309 e. The molecule has 0 unspecified atom stereocenters. The first-order valence-corrected chi connectivity index (χ1v) is 15.7. The van der Waals surface area contributed by atoms with Crippen molar-refractivity contribution in [3.63, 3.8) is 0 Å². The van der Waals surface area contributed by atoms with Gasteiger partial charge in [-0.3, -0.25) is 9.59 Å². The van der Waals surface area contributed by atoms with Gasteiger partial charge in [0.1, 0.15) is 16.7 Å². The van der Waals surface area contributed by atoms with E-state index in [1.807, 2.05) is 6.92 Å². The van der Waals surface area contributed by atoms with Crippen LogP contribution in [0.5, 0.6) is 0 Å². The van der Waals surface area contributed by atoms with E-state index in [-0.39, 0.29) is 35.9 Å². The normalized spacial score (nSPS) is 19.0. The number of piperidine rings is 1. The van der Waals surface area contributed by atoms with E-state index >= 15 is 0 Å². The van der Waals surface area contributed by atoms with E-state index in [0.29, 0.717) is 51.3 Å². The van der Waals surface area contributed by atoms with Crippen molar-refractivity contribution >= 4 is 52.4 Å². The second-order valence-electron chi connectivity index (χ2n) is 10.6. The second-order valence-corrected chi connectivity index (χ2v) is 12.1. The number of pyridine rings is 1. The number of thioether (sulfide) groups is 1. The van der Waals surface area contributed by atoms with Crippen LogP contribution in [0.2, 0.25) is 5.02 Å². The van der Waals surface area contributed by atoms with E-state index in [0.717, 1.165) is 38.8 Å². The molecule has 2 aliphatic rings. The molecule has 3 aromatic rings. The number of aliphatic hydroxyl groups is 1. The third kappa shape index (κ3) is 7.80. The van der Waals surface area contributed by atoms with Gasteiger partial charge in [0.25, 0.3) is 0 Å². The molecule has 1 saturated carbocycles. The number of carbonyl (C=O) groups is 2. The van der Waals surface area contributed by atoms with Gasteiger partial charge in [-0.2, -0.15) is 0 Å². The van der Waals surface area contributed by atoms with Gasteiger partial charge in [-0.15, -0.1) is 22.0 Å². The van der Waals surface area contributed by atoms with Crippen LogP contribution in [0.15, 0.2) is 47.6 Å². The Morgan fingerprint density at radius 2 is 1.93 bits per heavy atom. The van der Waals surface area contributed by atoms with E-state index in [4.69, 9.17) is 16.3 Å². The number of hydrogen-bond donors (Lipinski definition) is 3. The van der Waals surface area contributed by atoms with Crippen molar-refractivity contribution in [2.45, 2.75) is 43.7 Å². The molecule has 0 atom stereocenters. The molecule has 0 radical (unpaired) electrons. The van der Waals surface area contributed by atoms with Crippen molar-refractivity contribution < 1.29 is 23.8 Å². The Hall–Kier alpha value is -3.32. The summed E-state index contributed by atoms with van der Waals surface area (Å²) in [6, 6.07) is 9.70. The van der Waals surface area contributed by atoms with Gasteiger partial charge >= 0.3 is 5.97 Å². The fourth-order valence-corrected chi connectivity index (χ4v) is 6.19. The summed E-state index contributed by atoms with van der Waals surface area (Å²) in [5.41, 5.74) is 1.70. The molecule has 1 amide bonds. The molecule has 5 rings (SSSR count). The molecule has 0 bridgehead atoms. The lowest BCUT2D eigenvalue weighted by Crippen LogP contribution is -2.51. The molecule has 3 N–H and O–H groups in total. The Morgan fingerprint density at radius 3 is 2.67 bits per heavy atom. The third-order valence-electron chi connectivity index (χ3n) is 7.73. The SMILES string of the molecule is CCOC(=O)C1CCN(C2CC(C(=O)Nc3cc(Nc4cc(-c5cc(Cl)ccc5F)nnc4SCCO)ccn3)C2)CC1. The first-order valence-electron chi connectivity index (χ1n) is 14.4. The number of benzene rings is 1. The van der Waals surface area contributed by atoms with E-state index in [1.165, 1.54) is 30.0 Å². The number of nitrogens with zero attached hydrogens (tertiary/aromatic N) is 4. The zero-order valence-electron chi connectivity index (χ0n) is 23.8. The minimum absolute atomic E-state index is 0.0285. The number of likely N-dealkylation sites (tertiary alicyclic amines) is 1. The molecule has 10 nitrogen and oxygen atoms in total. The number of nitrogens with one attached hydrogen (secondary N) is 2. The maximum Gasteiger partial charge on any atom is 0.309 e. The number of hydrogen-bond acceptors (Lipinski definition) is 10. The Balaban J connectivity index is 1.20. The second kappa shape index (κ2) is 14.4. The maximum absolute atomic E-state index is 14.5. The summed E-state index contributed by atoms with van der Waals surface area (Å²) < 4.78 is 19.7. The number of aliphatic hydroxyl groups excluding tert-OH is 1. The zero-order valence-corrected chi connectivity index (χ0v) is 25.3. The van der Waals surface area contributed by atoms with Crippen molar-refractivity contribution in [1.82, 2.24) is 20.1 Å². The summed E-state index contributed by atoms with van der Waals surface area (Å²) in [5.74, 6) is 0.0119. The Labute approximate surface area is 258 Å². The average molecular weight is 629 g/mol. The van der Waals surface area contributed by atoms with Gasteiger partial charge in [-0.1, -0.05) is 11.6 Å². The summed E-state index contributed by atoms with van der Waals surface area (Å²) in [7, 11) is 0. The van der Waals surface area contributed by atoms with Crippen LogP contribution >= 0.6 is 23.4 Å². The Bertz CT molecular complexity index is 1450. The molecule has 2 fully saturated rings. The van der Waals surface area contributed by atoms with E-state index < -0.39 is 5.82 Å². The Morgan fingerprint density at radius 1 is 1.14 bits per heavy atom. The molecule has 13 heteroatoms. The predicted octanol–water partition coefficient (Wildman–Crippen LogP) is 5.15. The monoisotopic (exact) mass is 628 g/mol. The number of aromatic nitrogens is 3. The lowest BCUT2D eigenvalue weighted by Gasteiger charge is -2.44. The minimum Gasteiger partial charge on any atom is -0.466 e. The van der Waals surface area contributed by atoms with Crippen LogP contribution in [-0.4, -0.2) is 75.2 Å². The van der Waals surface area contributed by atoms with E-state index in [1.54, 1.807) is 24.4 Å². The van der Waals surface area contributed by atoms with Crippen LogP contribution in [0.1, 0.15) is 32.6 Å². The highest BCUT2D eigenvalue weighted by Gasteiger charge is 2.40. The first-order chi connectivity index (χ1) is 20.8. The molecule has 1 aromatic carbocycles. The van der Waals surface area contributed by atoms with Crippen molar-refractivity contribution in [3.8, 4) is 11.3 Å². The topological polar surface area (TPSA) is 130 Å². The van der Waals surface area contributed by atoms with Gasteiger partial charge in [0.05, 0.1) is 30.5 Å². The maximum atomic E-state index is 14.5. The third-order valence-corrected chi connectivity index (χ3v) is 8.93. The highest BCUT2D eigenvalue weighted by molar-refractivity contribution is 7.99. The summed E-state index contributed by atoms with van der Waals surface area (Å²) in [6.45, 7) is 3.86. The molecule has 2 aromatic heterocycles. The number of ether oxygens (including phenoxy) is 1. The average Bonchev–Trinajstić information content (AvgIpc) is 2.97. The molecule has 228 valence electrons. The van der Waals surface area contributed by atoms with Gasteiger partial charge < -0.3 is 25.4 Å². The van der Waals surface area contributed by atoms with Crippen LogP contribution in [0.4, 0.5) is 21.6 Å². The number of esters is 1. The van der Waals surface area contributed by atoms with Crippen LogP contribution in [0.25, 0.3) is 11.3 Å².